The number of amides is 1. The zero-order valence-corrected chi connectivity index (χ0v) is 20.1. The van der Waals surface area contributed by atoms with E-state index in [4.69, 9.17) is 32.7 Å². The van der Waals surface area contributed by atoms with E-state index in [0.717, 1.165) is 11.6 Å². The van der Waals surface area contributed by atoms with Gasteiger partial charge in [0.15, 0.2) is 11.5 Å². The largest absolute Gasteiger partial charge is 0.493 e. The minimum atomic E-state index is -0.614. The standard InChI is InChI=1S/C22H16BrCl2N3O5/c1-32-20-9-13(8-17(23)21(20)33-12-14-4-2-3-5-18(14)24)11-26-27-22(29)16-7-6-15(28(30)31)10-19(16)25/h2-11H,12H2,1H3,(H,27,29)/b26-11-. The minimum absolute atomic E-state index is 0.0543. The van der Waals surface area contributed by atoms with E-state index in [2.05, 4.69) is 26.5 Å². The number of carbonyl (C=O) groups is 1. The molecule has 0 aliphatic carbocycles. The molecule has 3 aromatic rings. The van der Waals surface area contributed by atoms with Crippen LogP contribution in [-0.2, 0) is 6.61 Å². The van der Waals surface area contributed by atoms with E-state index in [1.165, 1.54) is 25.5 Å². The van der Waals surface area contributed by atoms with Crippen molar-refractivity contribution in [3.8, 4) is 11.5 Å². The summed E-state index contributed by atoms with van der Waals surface area (Å²) in [7, 11) is 1.50. The lowest BCUT2D eigenvalue weighted by molar-refractivity contribution is -0.384. The van der Waals surface area contributed by atoms with Crippen molar-refractivity contribution in [3.63, 3.8) is 0 Å². The first-order valence-electron chi connectivity index (χ1n) is 9.31. The number of nitrogens with one attached hydrogen (secondary N) is 1. The van der Waals surface area contributed by atoms with Gasteiger partial charge in [0, 0.05) is 22.7 Å². The molecule has 0 aromatic heterocycles. The van der Waals surface area contributed by atoms with Crippen LogP contribution in [0.3, 0.4) is 0 Å². The average molecular weight is 553 g/mol. The molecule has 33 heavy (non-hydrogen) atoms. The molecule has 170 valence electrons. The Morgan fingerprint density at radius 3 is 2.61 bits per heavy atom. The fourth-order valence-corrected chi connectivity index (χ4v) is 3.77. The Bertz CT molecular complexity index is 1240. The number of hydrazone groups is 1. The molecule has 0 unspecified atom stereocenters. The van der Waals surface area contributed by atoms with Crippen LogP contribution in [0, 0.1) is 10.1 Å². The third kappa shape index (κ3) is 6.22. The Hall–Kier alpha value is -3.14. The van der Waals surface area contributed by atoms with Crippen LogP contribution in [0.25, 0.3) is 0 Å². The summed E-state index contributed by atoms with van der Waals surface area (Å²) in [6.45, 7) is 0.244. The molecule has 0 fully saturated rings. The first kappa shape index (κ1) is 24.5. The Labute approximate surface area is 207 Å². The molecular weight excluding hydrogens is 537 g/mol. The van der Waals surface area contributed by atoms with Crippen molar-refractivity contribution in [1.82, 2.24) is 5.43 Å². The molecular formula is C22H16BrCl2N3O5. The number of nitrogens with zero attached hydrogens (tertiary/aromatic N) is 2. The van der Waals surface area contributed by atoms with E-state index >= 15 is 0 Å². The molecule has 11 heteroatoms. The third-order valence-electron chi connectivity index (χ3n) is 4.37. The van der Waals surface area contributed by atoms with Crippen molar-refractivity contribution in [2.24, 2.45) is 5.10 Å². The minimum Gasteiger partial charge on any atom is -0.493 e. The van der Waals surface area contributed by atoms with Gasteiger partial charge in [-0.2, -0.15) is 5.10 Å². The Balaban J connectivity index is 1.71. The third-order valence-corrected chi connectivity index (χ3v) is 5.64. The van der Waals surface area contributed by atoms with E-state index in [0.29, 0.717) is 26.6 Å². The number of ether oxygens (including phenoxy) is 2. The van der Waals surface area contributed by atoms with Crippen LogP contribution < -0.4 is 14.9 Å². The number of carbonyl (C=O) groups excluding carboxylic acids is 1. The second-order valence-electron chi connectivity index (χ2n) is 6.53. The zero-order valence-electron chi connectivity index (χ0n) is 17.1. The fourth-order valence-electron chi connectivity index (χ4n) is 2.75. The predicted octanol–water partition coefficient (Wildman–Crippen LogP) is 6.02. The van der Waals surface area contributed by atoms with Gasteiger partial charge in [0.25, 0.3) is 11.6 Å². The van der Waals surface area contributed by atoms with Crippen molar-refractivity contribution >= 4 is 56.9 Å². The molecule has 1 amide bonds. The van der Waals surface area contributed by atoms with Crippen LogP contribution in [0.2, 0.25) is 10.0 Å². The van der Waals surface area contributed by atoms with Crippen LogP contribution in [0.4, 0.5) is 5.69 Å². The second-order valence-corrected chi connectivity index (χ2v) is 8.20. The van der Waals surface area contributed by atoms with Gasteiger partial charge in [-0.1, -0.05) is 41.4 Å². The molecule has 1 N–H and O–H groups in total. The summed E-state index contributed by atoms with van der Waals surface area (Å²) in [5.41, 5.74) is 3.61. The van der Waals surface area contributed by atoms with E-state index in [9.17, 15) is 14.9 Å². The number of rotatable bonds is 8. The highest BCUT2D eigenvalue weighted by Gasteiger charge is 2.15. The van der Waals surface area contributed by atoms with Gasteiger partial charge < -0.3 is 9.47 Å². The highest BCUT2D eigenvalue weighted by molar-refractivity contribution is 9.10. The smallest absolute Gasteiger partial charge is 0.272 e. The zero-order chi connectivity index (χ0) is 24.0. The number of hydrogen-bond acceptors (Lipinski definition) is 6. The topological polar surface area (TPSA) is 103 Å². The lowest BCUT2D eigenvalue weighted by Crippen LogP contribution is -2.18. The van der Waals surface area contributed by atoms with Gasteiger partial charge >= 0.3 is 0 Å². The molecule has 3 rings (SSSR count). The number of benzene rings is 3. The SMILES string of the molecule is COc1cc(/C=N\NC(=O)c2ccc([N+](=O)[O-])cc2Cl)cc(Br)c1OCc1ccccc1Cl. The molecule has 0 atom stereocenters. The van der Waals surface area contributed by atoms with E-state index in [-0.39, 0.29) is 22.9 Å². The summed E-state index contributed by atoms with van der Waals surface area (Å²) < 4.78 is 11.9. The maximum absolute atomic E-state index is 12.3. The summed E-state index contributed by atoms with van der Waals surface area (Å²) in [6.07, 6.45) is 1.41. The first-order valence-corrected chi connectivity index (χ1v) is 10.9. The number of nitro groups is 1. The van der Waals surface area contributed by atoms with Crippen molar-refractivity contribution in [2.45, 2.75) is 6.61 Å². The molecule has 0 bridgehead atoms. The van der Waals surface area contributed by atoms with Crippen molar-refractivity contribution in [1.29, 1.82) is 0 Å². The van der Waals surface area contributed by atoms with Crippen molar-refractivity contribution in [2.75, 3.05) is 7.11 Å². The molecule has 0 radical (unpaired) electrons. The van der Waals surface area contributed by atoms with Gasteiger partial charge in [0.05, 0.1) is 33.3 Å². The van der Waals surface area contributed by atoms with Gasteiger partial charge in [-0.15, -0.1) is 0 Å². The number of non-ortho nitro benzene ring substituents is 1. The normalized spacial score (nSPS) is 10.8. The van der Waals surface area contributed by atoms with Gasteiger partial charge in [-0.05, 0) is 45.8 Å². The van der Waals surface area contributed by atoms with Crippen molar-refractivity contribution in [3.05, 3.63) is 95.9 Å². The summed E-state index contributed by atoms with van der Waals surface area (Å²) in [6, 6.07) is 14.3. The molecule has 0 saturated heterocycles. The van der Waals surface area contributed by atoms with Crippen LogP contribution >= 0.6 is 39.1 Å². The number of nitro benzene ring substituents is 1. The van der Waals surface area contributed by atoms with Crippen LogP contribution in [0.1, 0.15) is 21.5 Å². The summed E-state index contributed by atoms with van der Waals surface area (Å²) in [4.78, 5) is 22.5. The molecule has 0 saturated carbocycles. The molecule has 0 spiro atoms. The Kier molecular flexibility index (Phi) is 8.26. The van der Waals surface area contributed by atoms with Crippen LogP contribution in [-0.4, -0.2) is 24.2 Å². The maximum Gasteiger partial charge on any atom is 0.272 e. The Morgan fingerprint density at radius 2 is 1.94 bits per heavy atom. The average Bonchev–Trinajstić information content (AvgIpc) is 2.78. The summed E-state index contributed by atoms with van der Waals surface area (Å²) in [5, 5.41) is 15.2. The lowest BCUT2D eigenvalue weighted by atomic mass is 10.2. The molecule has 3 aromatic carbocycles. The number of methoxy groups -OCH3 is 1. The molecule has 0 heterocycles. The van der Waals surface area contributed by atoms with Crippen LogP contribution in [0.15, 0.2) is 64.2 Å². The first-order chi connectivity index (χ1) is 15.8. The number of halogens is 3. The highest BCUT2D eigenvalue weighted by atomic mass is 79.9. The monoisotopic (exact) mass is 551 g/mol. The van der Waals surface area contributed by atoms with Gasteiger partial charge in [-0.3, -0.25) is 14.9 Å². The molecule has 8 nitrogen and oxygen atoms in total. The fraction of sp³-hybridized carbons (Fsp3) is 0.0909. The van der Waals surface area contributed by atoms with E-state index in [1.807, 2.05) is 18.2 Å². The lowest BCUT2D eigenvalue weighted by Gasteiger charge is -2.14. The highest BCUT2D eigenvalue weighted by Crippen LogP contribution is 2.37. The number of hydrogen-bond donors (Lipinski definition) is 1. The summed E-state index contributed by atoms with van der Waals surface area (Å²) >= 11 is 15.6. The van der Waals surface area contributed by atoms with Gasteiger partial charge in [0.2, 0.25) is 0 Å². The van der Waals surface area contributed by atoms with Gasteiger partial charge in [-0.25, -0.2) is 5.43 Å². The van der Waals surface area contributed by atoms with Crippen LogP contribution in [0.5, 0.6) is 11.5 Å². The molecule has 0 aliphatic heterocycles. The summed E-state index contributed by atoms with van der Waals surface area (Å²) in [5.74, 6) is 0.316. The second kappa shape index (κ2) is 11.1. The van der Waals surface area contributed by atoms with Gasteiger partial charge in [0.1, 0.15) is 6.61 Å². The molecule has 0 aliphatic rings. The van der Waals surface area contributed by atoms with E-state index in [1.54, 1.807) is 18.2 Å². The van der Waals surface area contributed by atoms with Crippen molar-refractivity contribution < 1.29 is 19.2 Å². The Morgan fingerprint density at radius 1 is 1.18 bits per heavy atom. The quantitative estimate of drug-likeness (QED) is 0.209. The predicted molar refractivity (Wildman–Crippen MR) is 130 cm³/mol. The van der Waals surface area contributed by atoms with E-state index < -0.39 is 10.8 Å². The maximum atomic E-state index is 12.3.